The number of aliphatic imine (C=N–C) groups is 1. The molecule has 0 spiro atoms. The molecule has 1 aliphatic rings. The van der Waals surface area contributed by atoms with Crippen molar-refractivity contribution in [2.75, 3.05) is 19.6 Å². The number of hydrogen-bond acceptors (Lipinski definition) is 3. The Bertz CT molecular complexity index is 579. The smallest absolute Gasteiger partial charge is 0.188 e. The van der Waals surface area contributed by atoms with Gasteiger partial charge < -0.3 is 16.2 Å². The minimum absolute atomic E-state index is 0. The molecule has 6 heteroatoms. The van der Waals surface area contributed by atoms with Crippen molar-refractivity contribution in [1.82, 2.24) is 10.2 Å². The highest BCUT2D eigenvalue weighted by atomic mass is 127. The second-order valence-electron chi connectivity index (χ2n) is 8.00. The lowest BCUT2D eigenvalue weighted by Crippen LogP contribution is -2.40. The van der Waals surface area contributed by atoms with E-state index in [0.29, 0.717) is 25.1 Å². The molecule has 0 saturated heterocycles. The second kappa shape index (κ2) is 12.6. The molecule has 2 unspecified atom stereocenters. The van der Waals surface area contributed by atoms with Gasteiger partial charge in [0.05, 0.1) is 12.6 Å². The van der Waals surface area contributed by atoms with E-state index in [2.05, 4.69) is 60.2 Å². The Balaban J connectivity index is 0.00000364. The van der Waals surface area contributed by atoms with E-state index in [0.717, 1.165) is 31.8 Å². The molecule has 2 atom stereocenters. The second-order valence-corrected chi connectivity index (χ2v) is 8.00. The number of rotatable bonds is 9. The summed E-state index contributed by atoms with van der Waals surface area (Å²) < 4.78 is 0. The van der Waals surface area contributed by atoms with Crippen molar-refractivity contribution in [3.05, 3.63) is 35.4 Å². The lowest BCUT2D eigenvalue weighted by molar-refractivity contribution is 0.111. The third-order valence-electron chi connectivity index (χ3n) is 4.96. The number of nitrogens with two attached hydrogens (primary N) is 1. The standard InChI is InChI=1S/C21H36N4O.HI/c1-16(2)7-6-8-17(3)24-21(22)23-13-20(26)15-25-12-11-18-9-4-5-10-19(18)14-25;/h4-5,9-10,16-17,20,26H,6-8,11-15H2,1-3H3,(H3,22,23,24);1H. The number of aliphatic hydroxyl groups excluding tert-OH is 1. The van der Waals surface area contributed by atoms with Crippen LogP contribution in [0.5, 0.6) is 0 Å². The Morgan fingerprint density at radius 1 is 1.22 bits per heavy atom. The molecule has 0 aromatic heterocycles. The quantitative estimate of drug-likeness (QED) is 0.284. The van der Waals surface area contributed by atoms with Crippen molar-refractivity contribution in [2.45, 2.75) is 65.1 Å². The lowest BCUT2D eigenvalue weighted by Gasteiger charge is -2.30. The maximum atomic E-state index is 10.3. The number of β-amino-alcohol motifs (C(OH)–C–C–N with tert-alkyl or cyclic N) is 1. The maximum Gasteiger partial charge on any atom is 0.188 e. The Kier molecular flexibility index (Phi) is 11.3. The molecule has 0 saturated carbocycles. The summed E-state index contributed by atoms with van der Waals surface area (Å²) in [6.45, 7) is 9.48. The van der Waals surface area contributed by atoms with Gasteiger partial charge in [-0.25, -0.2) is 0 Å². The highest BCUT2D eigenvalue weighted by Gasteiger charge is 2.18. The SMILES string of the molecule is CC(C)CCCC(C)NC(N)=NCC(O)CN1CCc2ccccc2C1.I. The van der Waals surface area contributed by atoms with Crippen molar-refractivity contribution >= 4 is 29.9 Å². The normalized spacial score (nSPS) is 17.1. The first-order valence-electron chi connectivity index (χ1n) is 9.97. The van der Waals surface area contributed by atoms with Gasteiger partial charge in [0.15, 0.2) is 5.96 Å². The van der Waals surface area contributed by atoms with E-state index < -0.39 is 6.10 Å². The molecule has 0 aliphatic carbocycles. The van der Waals surface area contributed by atoms with Crippen LogP contribution in [0.25, 0.3) is 0 Å². The topological polar surface area (TPSA) is 73.9 Å². The van der Waals surface area contributed by atoms with Crippen LogP contribution < -0.4 is 11.1 Å². The van der Waals surface area contributed by atoms with Gasteiger partial charge in [0.2, 0.25) is 0 Å². The predicted molar refractivity (Wildman–Crippen MR) is 125 cm³/mol. The molecule has 1 aliphatic heterocycles. The fraction of sp³-hybridized carbons (Fsp3) is 0.667. The average Bonchev–Trinajstić information content (AvgIpc) is 2.59. The number of halogens is 1. The first-order chi connectivity index (χ1) is 12.4. The third-order valence-corrected chi connectivity index (χ3v) is 4.96. The van der Waals surface area contributed by atoms with Crippen LogP contribution in [-0.2, 0) is 13.0 Å². The average molecular weight is 488 g/mol. The van der Waals surface area contributed by atoms with Crippen molar-refractivity contribution in [2.24, 2.45) is 16.6 Å². The largest absolute Gasteiger partial charge is 0.390 e. The van der Waals surface area contributed by atoms with Gasteiger partial charge in [-0.3, -0.25) is 9.89 Å². The first kappa shape index (κ1) is 24.2. The van der Waals surface area contributed by atoms with E-state index in [-0.39, 0.29) is 24.0 Å². The highest BCUT2D eigenvalue weighted by Crippen LogP contribution is 2.18. The molecule has 2 rings (SSSR count). The van der Waals surface area contributed by atoms with Crippen LogP contribution >= 0.6 is 24.0 Å². The zero-order chi connectivity index (χ0) is 18.9. The molecule has 1 aromatic carbocycles. The number of nitrogens with one attached hydrogen (secondary N) is 1. The van der Waals surface area contributed by atoms with Crippen LogP contribution in [0.15, 0.2) is 29.3 Å². The Labute approximate surface area is 181 Å². The van der Waals surface area contributed by atoms with Gasteiger partial charge >= 0.3 is 0 Å². The van der Waals surface area contributed by atoms with Crippen molar-refractivity contribution < 1.29 is 5.11 Å². The van der Waals surface area contributed by atoms with Gasteiger partial charge in [-0.05, 0) is 36.8 Å². The summed E-state index contributed by atoms with van der Waals surface area (Å²) in [5.41, 5.74) is 8.76. The fourth-order valence-electron chi connectivity index (χ4n) is 3.47. The van der Waals surface area contributed by atoms with Gasteiger partial charge in [-0.15, -0.1) is 24.0 Å². The van der Waals surface area contributed by atoms with Gasteiger partial charge in [0.25, 0.3) is 0 Å². The summed E-state index contributed by atoms with van der Waals surface area (Å²) >= 11 is 0. The molecule has 0 fully saturated rings. The molecular formula is C21H37IN4O. The van der Waals surface area contributed by atoms with Crippen LogP contribution in [0, 0.1) is 5.92 Å². The third kappa shape index (κ3) is 9.25. The number of fused-ring (bicyclic) bond motifs is 1. The number of benzene rings is 1. The molecule has 4 N–H and O–H groups in total. The zero-order valence-corrected chi connectivity index (χ0v) is 19.4. The van der Waals surface area contributed by atoms with E-state index >= 15 is 0 Å². The van der Waals surface area contributed by atoms with Gasteiger partial charge in [0.1, 0.15) is 0 Å². The minimum atomic E-state index is -0.489. The van der Waals surface area contributed by atoms with Crippen LogP contribution in [0.1, 0.15) is 51.2 Å². The number of guanidine groups is 1. The van der Waals surface area contributed by atoms with Gasteiger partial charge in [0, 0.05) is 25.7 Å². The molecule has 27 heavy (non-hydrogen) atoms. The van der Waals surface area contributed by atoms with E-state index in [1.165, 1.54) is 24.0 Å². The summed E-state index contributed by atoms with van der Waals surface area (Å²) in [5, 5.41) is 13.5. The number of nitrogens with zero attached hydrogens (tertiary/aromatic N) is 2. The fourth-order valence-corrected chi connectivity index (χ4v) is 3.47. The molecule has 1 aromatic rings. The molecule has 0 bridgehead atoms. The molecule has 0 radical (unpaired) electrons. The molecule has 1 heterocycles. The van der Waals surface area contributed by atoms with Crippen molar-refractivity contribution in [3.63, 3.8) is 0 Å². The summed E-state index contributed by atoms with van der Waals surface area (Å²) in [4.78, 5) is 6.62. The number of aliphatic hydroxyl groups is 1. The summed E-state index contributed by atoms with van der Waals surface area (Å²) in [5.74, 6) is 1.18. The zero-order valence-electron chi connectivity index (χ0n) is 17.0. The summed E-state index contributed by atoms with van der Waals surface area (Å²) in [6.07, 6.45) is 4.07. The van der Waals surface area contributed by atoms with E-state index in [4.69, 9.17) is 5.73 Å². The summed E-state index contributed by atoms with van der Waals surface area (Å²) in [7, 11) is 0. The molecule has 154 valence electrons. The maximum absolute atomic E-state index is 10.3. The van der Waals surface area contributed by atoms with E-state index in [9.17, 15) is 5.11 Å². The van der Waals surface area contributed by atoms with Gasteiger partial charge in [-0.1, -0.05) is 51.0 Å². The Morgan fingerprint density at radius 2 is 1.93 bits per heavy atom. The van der Waals surface area contributed by atoms with Crippen LogP contribution in [0.3, 0.4) is 0 Å². The number of hydrogen-bond donors (Lipinski definition) is 3. The highest BCUT2D eigenvalue weighted by molar-refractivity contribution is 14.0. The Hall–Kier alpha value is -0.860. The first-order valence-corrected chi connectivity index (χ1v) is 9.97. The van der Waals surface area contributed by atoms with Crippen LogP contribution in [-0.4, -0.2) is 47.7 Å². The van der Waals surface area contributed by atoms with E-state index in [1.807, 2.05) is 0 Å². The molecule has 5 nitrogen and oxygen atoms in total. The van der Waals surface area contributed by atoms with Crippen molar-refractivity contribution in [3.8, 4) is 0 Å². The Morgan fingerprint density at radius 3 is 2.63 bits per heavy atom. The monoisotopic (exact) mass is 488 g/mol. The van der Waals surface area contributed by atoms with Crippen LogP contribution in [0.2, 0.25) is 0 Å². The van der Waals surface area contributed by atoms with E-state index in [1.54, 1.807) is 0 Å². The summed E-state index contributed by atoms with van der Waals surface area (Å²) in [6, 6.07) is 8.86. The molecular weight excluding hydrogens is 451 g/mol. The predicted octanol–water partition coefficient (Wildman–Crippen LogP) is 3.14. The lowest BCUT2D eigenvalue weighted by atomic mass is 10.00. The van der Waals surface area contributed by atoms with Crippen LogP contribution in [0.4, 0.5) is 0 Å². The minimum Gasteiger partial charge on any atom is -0.390 e. The molecule has 0 amide bonds. The van der Waals surface area contributed by atoms with Gasteiger partial charge in [-0.2, -0.15) is 0 Å². The van der Waals surface area contributed by atoms with Crippen molar-refractivity contribution in [1.29, 1.82) is 0 Å².